The molecule has 1 aromatic heterocycles. The van der Waals surface area contributed by atoms with E-state index >= 15 is 0 Å². The molecule has 0 amide bonds. The van der Waals surface area contributed by atoms with Gasteiger partial charge in [-0.25, -0.2) is 4.68 Å². The summed E-state index contributed by atoms with van der Waals surface area (Å²) < 4.78 is 7.02. The van der Waals surface area contributed by atoms with E-state index in [0.717, 1.165) is 22.0 Å². The van der Waals surface area contributed by atoms with Crippen LogP contribution in [0.1, 0.15) is 10.9 Å². The zero-order valence-corrected chi connectivity index (χ0v) is 14.0. The Labute approximate surface area is 147 Å². The maximum absolute atomic E-state index is 10.9. The number of fused-ring (bicyclic) bond motifs is 1. The van der Waals surface area contributed by atoms with E-state index in [1.165, 1.54) is 11.8 Å². The van der Waals surface area contributed by atoms with Crippen LogP contribution >= 0.6 is 11.8 Å². The van der Waals surface area contributed by atoms with Gasteiger partial charge in [0.2, 0.25) is 5.16 Å². The van der Waals surface area contributed by atoms with Gasteiger partial charge >= 0.3 is 0 Å². The second kappa shape index (κ2) is 6.28. The Hall–Kier alpha value is -2.75. The van der Waals surface area contributed by atoms with Crippen LogP contribution in [-0.4, -0.2) is 27.2 Å². The van der Waals surface area contributed by atoms with Gasteiger partial charge in [0.15, 0.2) is 5.82 Å². The Kier molecular flexibility index (Phi) is 3.96. The van der Waals surface area contributed by atoms with Gasteiger partial charge in [-0.1, -0.05) is 23.9 Å². The first kappa shape index (κ1) is 15.8. The molecule has 0 saturated heterocycles. The van der Waals surface area contributed by atoms with Crippen LogP contribution < -0.4 is 15.4 Å². The molecule has 0 aliphatic carbocycles. The standard InChI is InChI=1S/C16H14N5O3S/c1-24-13-8-4-10(5-9-13)14-17-18-16-20(14)19-15(25-16)11-2-6-12(7-3-11)21(22)23/h2-9,15,19,22H,1H3/q-1. The molecular weight excluding hydrogens is 342 g/mol. The second-order valence-electron chi connectivity index (χ2n) is 5.36. The number of nitrogens with zero attached hydrogens (tertiary/aromatic N) is 4. The molecular formula is C16H14N5O3S-. The number of hydrogen-bond acceptors (Lipinski definition) is 8. The molecule has 0 spiro atoms. The third-order valence-corrected chi connectivity index (χ3v) is 4.96. The first-order valence-corrected chi connectivity index (χ1v) is 8.33. The molecule has 0 fully saturated rings. The van der Waals surface area contributed by atoms with Gasteiger partial charge < -0.3 is 20.6 Å². The van der Waals surface area contributed by atoms with E-state index in [2.05, 4.69) is 15.6 Å². The highest BCUT2D eigenvalue weighted by Gasteiger charge is 2.28. The van der Waals surface area contributed by atoms with Gasteiger partial charge in [0.05, 0.1) is 12.8 Å². The maximum atomic E-state index is 10.9. The Morgan fingerprint density at radius 1 is 1.16 bits per heavy atom. The number of nitrogens with one attached hydrogen (secondary N) is 1. The highest BCUT2D eigenvalue weighted by Crippen LogP contribution is 2.40. The van der Waals surface area contributed by atoms with Crippen LogP contribution in [0.15, 0.2) is 53.7 Å². The van der Waals surface area contributed by atoms with Gasteiger partial charge in [-0.2, -0.15) is 0 Å². The minimum Gasteiger partial charge on any atom is -0.733 e. The van der Waals surface area contributed by atoms with Gasteiger partial charge in [0.1, 0.15) is 11.1 Å². The summed E-state index contributed by atoms with van der Waals surface area (Å²) in [6, 6.07) is 14.3. The summed E-state index contributed by atoms with van der Waals surface area (Å²) in [5.74, 6) is 1.49. The van der Waals surface area contributed by atoms with Crippen LogP contribution in [-0.2, 0) is 0 Å². The number of anilines is 1. The molecule has 3 aromatic rings. The Morgan fingerprint density at radius 3 is 2.52 bits per heavy atom. The fraction of sp³-hybridized carbons (Fsp3) is 0.125. The number of aromatic nitrogens is 3. The number of benzene rings is 2. The third-order valence-electron chi connectivity index (χ3n) is 3.87. The minimum atomic E-state index is -0.157. The lowest BCUT2D eigenvalue weighted by Gasteiger charge is -2.22. The topological polar surface area (TPSA) is 98.5 Å². The first-order chi connectivity index (χ1) is 12.2. The van der Waals surface area contributed by atoms with Crippen molar-refractivity contribution in [2.75, 3.05) is 17.8 Å². The van der Waals surface area contributed by atoms with Crippen molar-refractivity contribution in [2.45, 2.75) is 10.5 Å². The minimum absolute atomic E-state index is 0.0599. The molecule has 1 atom stereocenters. The number of ether oxygens (including phenoxy) is 1. The lowest BCUT2D eigenvalue weighted by Crippen LogP contribution is -2.14. The molecule has 0 bridgehead atoms. The van der Waals surface area contributed by atoms with Crippen LogP contribution in [0.3, 0.4) is 0 Å². The van der Waals surface area contributed by atoms with Crippen molar-refractivity contribution in [2.24, 2.45) is 0 Å². The van der Waals surface area contributed by atoms with Gasteiger partial charge in [-0.3, -0.25) is 5.21 Å². The second-order valence-corrected chi connectivity index (χ2v) is 6.43. The molecule has 128 valence electrons. The van der Waals surface area contributed by atoms with Gasteiger partial charge in [0.25, 0.3) is 0 Å². The van der Waals surface area contributed by atoms with E-state index in [-0.39, 0.29) is 16.3 Å². The van der Waals surface area contributed by atoms with Crippen molar-refractivity contribution in [3.05, 3.63) is 59.3 Å². The molecule has 1 aliphatic rings. The van der Waals surface area contributed by atoms with Crippen LogP contribution in [0.2, 0.25) is 0 Å². The van der Waals surface area contributed by atoms with E-state index < -0.39 is 0 Å². The molecule has 25 heavy (non-hydrogen) atoms. The van der Waals surface area contributed by atoms with E-state index in [9.17, 15) is 5.21 Å². The zero-order chi connectivity index (χ0) is 17.4. The molecule has 2 heterocycles. The molecule has 4 rings (SSSR count). The Morgan fingerprint density at radius 2 is 1.88 bits per heavy atom. The number of hydrogen-bond donors (Lipinski definition) is 2. The summed E-state index contributed by atoms with van der Waals surface area (Å²) in [6.45, 7) is 0. The molecule has 9 heteroatoms. The Bertz CT molecular complexity index is 880. The van der Waals surface area contributed by atoms with Gasteiger partial charge in [-0.15, -0.1) is 10.2 Å². The van der Waals surface area contributed by atoms with Crippen molar-refractivity contribution in [1.29, 1.82) is 0 Å². The fourth-order valence-corrected chi connectivity index (χ4v) is 3.55. The molecule has 1 unspecified atom stereocenters. The first-order valence-electron chi connectivity index (χ1n) is 7.45. The smallest absolute Gasteiger partial charge is 0.212 e. The molecule has 1 aliphatic heterocycles. The van der Waals surface area contributed by atoms with Crippen molar-refractivity contribution in [1.82, 2.24) is 14.9 Å². The fourth-order valence-electron chi connectivity index (χ4n) is 2.56. The van der Waals surface area contributed by atoms with Gasteiger partial charge in [0, 0.05) is 5.56 Å². The molecule has 0 radical (unpaired) electrons. The predicted octanol–water partition coefficient (Wildman–Crippen LogP) is 3.00. The van der Waals surface area contributed by atoms with Crippen LogP contribution in [0.5, 0.6) is 5.75 Å². The lowest BCUT2D eigenvalue weighted by atomic mass is 10.2. The van der Waals surface area contributed by atoms with E-state index in [4.69, 9.17) is 9.94 Å². The zero-order valence-electron chi connectivity index (χ0n) is 13.2. The van der Waals surface area contributed by atoms with Crippen molar-refractivity contribution >= 4 is 17.4 Å². The largest absolute Gasteiger partial charge is 0.733 e. The monoisotopic (exact) mass is 356 g/mol. The summed E-state index contributed by atoms with van der Waals surface area (Å²) in [5, 5.41) is 28.8. The van der Waals surface area contributed by atoms with Crippen LogP contribution in [0, 0.1) is 5.21 Å². The Balaban J connectivity index is 1.57. The van der Waals surface area contributed by atoms with Crippen LogP contribution in [0.4, 0.5) is 5.69 Å². The summed E-state index contributed by atoms with van der Waals surface area (Å²) in [6.07, 6.45) is 0. The predicted molar refractivity (Wildman–Crippen MR) is 94.0 cm³/mol. The normalized spacial score (nSPS) is 15.6. The lowest BCUT2D eigenvalue weighted by molar-refractivity contribution is 0.296. The van der Waals surface area contributed by atoms with Crippen molar-refractivity contribution < 1.29 is 9.94 Å². The average molecular weight is 356 g/mol. The summed E-state index contributed by atoms with van der Waals surface area (Å²) >= 11 is 1.53. The molecule has 0 saturated carbocycles. The molecule has 2 aromatic carbocycles. The average Bonchev–Trinajstić information content (AvgIpc) is 3.22. The highest BCUT2D eigenvalue weighted by molar-refractivity contribution is 7.99. The van der Waals surface area contributed by atoms with E-state index in [1.807, 2.05) is 28.9 Å². The van der Waals surface area contributed by atoms with Crippen molar-refractivity contribution in [3.63, 3.8) is 0 Å². The number of rotatable bonds is 4. The van der Waals surface area contributed by atoms with Crippen LogP contribution in [0.25, 0.3) is 11.4 Å². The van der Waals surface area contributed by atoms with E-state index in [0.29, 0.717) is 5.82 Å². The number of thioether (sulfide) groups is 1. The summed E-state index contributed by atoms with van der Waals surface area (Å²) in [7, 11) is 1.63. The summed E-state index contributed by atoms with van der Waals surface area (Å²) in [4.78, 5) is 0. The van der Waals surface area contributed by atoms with Crippen molar-refractivity contribution in [3.8, 4) is 17.1 Å². The third kappa shape index (κ3) is 2.88. The highest BCUT2D eigenvalue weighted by atomic mass is 32.2. The number of methoxy groups -OCH3 is 1. The quantitative estimate of drug-likeness (QED) is 0.689. The molecule has 2 N–H and O–H groups in total. The SMILES string of the molecule is COc1ccc(-c2nnc3n2NC(c2ccc(N([O-])O)cc2)S3)cc1. The maximum Gasteiger partial charge on any atom is 0.212 e. The molecule has 8 nitrogen and oxygen atoms in total. The van der Waals surface area contributed by atoms with Gasteiger partial charge in [-0.05, 0) is 42.0 Å². The van der Waals surface area contributed by atoms with E-state index in [1.54, 1.807) is 31.4 Å². The summed E-state index contributed by atoms with van der Waals surface area (Å²) in [5.41, 5.74) is 5.41.